The molecule has 8 heteroatoms. The van der Waals surface area contributed by atoms with Gasteiger partial charge in [-0.2, -0.15) is 0 Å². The normalized spacial score (nSPS) is 17.3. The van der Waals surface area contributed by atoms with Crippen molar-refractivity contribution in [1.82, 2.24) is 25.0 Å². The first-order valence-corrected chi connectivity index (χ1v) is 11.1. The first-order valence-electron chi connectivity index (χ1n) is 10.2. The number of carbonyl (C=O) groups excluding carboxylic acids is 1. The Morgan fingerprint density at radius 2 is 1.83 bits per heavy atom. The molecule has 1 aromatic heterocycles. The lowest BCUT2D eigenvalue weighted by Gasteiger charge is -2.24. The fourth-order valence-electron chi connectivity index (χ4n) is 3.47. The largest absolute Gasteiger partial charge is 0.352 e. The molecule has 0 unspecified atom stereocenters. The molecule has 3 rings (SSSR count). The molecule has 1 aromatic carbocycles. The van der Waals surface area contributed by atoms with Crippen LogP contribution in [0, 0.1) is 5.82 Å². The highest BCUT2D eigenvalue weighted by atomic mass is 32.2. The van der Waals surface area contributed by atoms with Crippen molar-refractivity contribution >= 4 is 17.7 Å². The maximum absolute atomic E-state index is 13.4. The van der Waals surface area contributed by atoms with Gasteiger partial charge in [0.05, 0.1) is 11.3 Å². The van der Waals surface area contributed by atoms with Crippen LogP contribution in [-0.4, -0.2) is 51.0 Å². The number of halogens is 1. The Kier molecular flexibility index (Phi) is 7.29. The standard InChI is InChI=1S/C21H30FN5OS/c1-14(26(3)4)19-24-25-21(27(19)18-12-10-16(22)11-13-18)29-15(2)20(28)23-17-8-6-5-7-9-17/h10-15,17H,5-9H2,1-4H3,(H,23,28)/t14-,15+/m0/s1. The third kappa shape index (κ3) is 5.36. The summed E-state index contributed by atoms with van der Waals surface area (Å²) in [4.78, 5) is 14.7. The van der Waals surface area contributed by atoms with Gasteiger partial charge in [-0.25, -0.2) is 4.39 Å². The highest BCUT2D eigenvalue weighted by Gasteiger charge is 2.25. The van der Waals surface area contributed by atoms with Crippen LogP contribution in [0.2, 0.25) is 0 Å². The van der Waals surface area contributed by atoms with Gasteiger partial charge in [0.25, 0.3) is 0 Å². The Morgan fingerprint density at radius 3 is 2.45 bits per heavy atom. The molecule has 1 saturated carbocycles. The number of aromatic nitrogens is 3. The van der Waals surface area contributed by atoms with E-state index < -0.39 is 0 Å². The summed E-state index contributed by atoms with van der Waals surface area (Å²) in [6, 6.07) is 6.55. The van der Waals surface area contributed by atoms with Crippen molar-refractivity contribution in [3.8, 4) is 5.69 Å². The Labute approximate surface area is 176 Å². The minimum atomic E-state index is -0.303. The smallest absolute Gasteiger partial charge is 0.233 e. The molecule has 1 amide bonds. The summed E-state index contributed by atoms with van der Waals surface area (Å²) < 4.78 is 15.4. The van der Waals surface area contributed by atoms with Gasteiger partial charge in [-0.3, -0.25) is 14.3 Å². The zero-order valence-electron chi connectivity index (χ0n) is 17.6. The second-order valence-corrected chi connectivity index (χ2v) is 9.20. The number of amides is 1. The molecule has 0 radical (unpaired) electrons. The molecule has 1 aliphatic rings. The van der Waals surface area contributed by atoms with Crippen LogP contribution in [0.5, 0.6) is 0 Å². The Balaban J connectivity index is 1.82. The predicted molar refractivity (Wildman–Crippen MR) is 114 cm³/mol. The minimum Gasteiger partial charge on any atom is -0.352 e. The lowest BCUT2D eigenvalue weighted by molar-refractivity contribution is -0.121. The van der Waals surface area contributed by atoms with Gasteiger partial charge in [-0.05, 0) is 65.0 Å². The van der Waals surface area contributed by atoms with Gasteiger partial charge in [-0.1, -0.05) is 31.0 Å². The van der Waals surface area contributed by atoms with Crippen molar-refractivity contribution in [2.75, 3.05) is 14.1 Å². The van der Waals surface area contributed by atoms with Crippen LogP contribution < -0.4 is 5.32 Å². The van der Waals surface area contributed by atoms with E-state index in [9.17, 15) is 9.18 Å². The van der Waals surface area contributed by atoms with E-state index >= 15 is 0 Å². The molecule has 2 aromatic rings. The van der Waals surface area contributed by atoms with E-state index in [2.05, 4.69) is 15.5 Å². The summed E-state index contributed by atoms with van der Waals surface area (Å²) in [5.74, 6) is 0.486. The van der Waals surface area contributed by atoms with Gasteiger partial charge in [0.2, 0.25) is 5.91 Å². The second-order valence-electron chi connectivity index (χ2n) is 7.90. The fourth-order valence-corrected chi connectivity index (χ4v) is 4.35. The van der Waals surface area contributed by atoms with Crippen molar-refractivity contribution < 1.29 is 9.18 Å². The first kappa shape index (κ1) is 21.8. The van der Waals surface area contributed by atoms with Gasteiger partial charge in [-0.15, -0.1) is 10.2 Å². The molecule has 158 valence electrons. The molecule has 0 bridgehead atoms. The quantitative estimate of drug-likeness (QED) is 0.689. The average molecular weight is 420 g/mol. The van der Waals surface area contributed by atoms with E-state index in [1.54, 1.807) is 12.1 Å². The average Bonchev–Trinajstić information content (AvgIpc) is 3.12. The topological polar surface area (TPSA) is 63.1 Å². The van der Waals surface area contributed by atoms with Crippen molar-refractivity contribution in [1.29, 1.82) is 0 Å². The summed E-state index contributed by atoms with van der Waals surface area (Å²) in [7, 11) is 3.95. The van der Waals surface area contributed by atoms with E-state index in [1.807, 2.05) is 37.4 Å². The number of nitrogens with one attached hydrogen (secondary N) is 1. The third-order valence-electron chi connectivity index (χ3n) is 5.49. The van der Waals surface area contributed by atoms with Crippen molar-refractivity contribution in [2.45, 2.75) is 68.4 Å². The molecule has 1 N–H and O–H groups in total. The number of thioether (sulfide) groups is 1. The maximum atomic E-state index is 13.4. The van der Waals surface area contributed by atoms with Crippen LogP contribution in [0.4, 0.5) is 4.39 Å². The van der Waals surface area contributed by atoms with E-state index in [-0.39, 0.29) is 29.1 Å². The third-order valence-corrected chi connectivity index (χ3v) is 6.54. The van der Waals surface area contributed by atoms with Crippen LogP contribution in [0.3, 0.4) is 0 Å². The van der Waals surface area contributed by atoms with E-state index in [0.29, 0.717) is 5.16 Å². The number of carbonyl (C=O) groups is 1. The summed E-state index contributed by atoms with van der Waals surface area (Å²) in [5, 5.41) is 12.3. The lowest BCUT2D eigenvalue weighted by atomic mass is 9.95. The van der Waals surface area contributed by atoms with Gasteiger partial charge in [0.15, 0.2) is 11.0 Å². The molecule has 1 aliphatic carbocycles. The van der Waals surface area contributed by atoms with E-state index in [4.69, 9.17) is 0 Å². The Morgan fingerprint density at radius 1 is 1.17 bits per heavy atom. The van der Waals surface area contributed by atoms with Crippen LogP contribution in [0.15, 0.2) is 29.4 Å². The molecular weight excluding hydrogens is 389 g/mol. The molecule has 1 heterocycles. The molecule has 0 aliphatic heterocycles. The number of hydrogen-bond donors (Lipinski definition) is 1. The van der Waals surface area contributed by atoms with E-state index in [1.165, 1.54) is 43.2 Å². The molecule has 29 heavy (non-hydrogen) atoms. The fraction of sp³-hybridized carbons (Fsp3) is 0.571. The number of rotatable bonds is 7. The monoisotopic (exact) mass is 419 g/mol. The molecule has 0 spiro atoms. The summed E-state index contributed by atoms with van der Waals surface area (Å²) in [5.41, 5.74) is 0.780. The Bertz CT molecular complexity index is 817. The zero-order chi connectivity index (χ0) is 21.0. The molecule has 6 nitrogen and oxygen atoms in total. The molecule has 1 fully saturated rings. The highest BCUT2D eigenvalue weighted by molar-refractivity contribution is 8.00. The molecular formula is C21H30FN5OS. The van der Waals surface area contributed by atoms with Crippen LogP contribution in [0.1, 0.15) is 57.8 Å². The van der Waals surface area contributed by atoms with Gasteiger partial charge < -0.3 is 5.32 Å². The van der Waals surface area contributed by atoms with Crippen molar-refractivity contribution in [2.24, 2.45) is 0 Å². The lowest BCUT2D eigenvalue weighted by Crippen LogP contribution is -2.40. The summed E-state index contributed by atoms with van der Waals surface area (Å²) >= 11 is 1.38. The second kappa shape index (κ2) is 9.71. The van der Waals surface area contributed by atoms with Crippen LogP contribution in [0.25, 0.3) is 5.69 Å². The maximum Gasteiger partial charge on any atom is 0.233 e. The Hall–Kier alpha value is -1.93. The van der Waals surface area contributed by atoms with Gasteiger partial charge in [0, 0.05) is 11.7 Å². The number of benzene rings is 1. The number of nitrogens with zero attached hydrogens (tertiary/aromatic N) is 4. The molecule has 0 saturated heterocycles. The first-order chi connectivity index (χ1) is 13.9. The van der Waals surface area contributed by atoms with Crippen LogP contribution in [-0.2, 0) is 4.79 Å². The van der Waals surface area contributed by atoms with E-state index in [0.717, 1.165) is 24.4 Å². The van der Waals surface area contributed by atoms with Gasteiger partial charge >= 0.3 is 0 Å². The predicted octanol–water partition coefficient (Wildman–Crippen LogP) is 3.96. The van der Waals surface area contributed by atoms with Crippen molar-refractivity contribution in [3.05, 3.63) is 35.9 Å². The zero-order valence-corrected chi connectivity index (χ0v) is 18.4. The SMILES string of the molecule is C[C@@H](Sc1nnc([C@H](C)N(C)C)n1-c1ccc(F)cc1)C(=O)NC1CCCCC1. The molecule has 2 atom stereocenters. The van der Waals surface area contributed by atoms with Crippen LogP contribution >= 0.6 is 11.8 Å². The number of hydrogen-bond acceptors (Lipinski definition) is 5. The summed E-state index contributed by atoms with van der Waals surface area (Å²) in [6.45, 7) is 3.93. The minimum absolute atomic E-state index is 0.00766. The van der Waals surface area contributed by atoms with Gasteiger partial charge in [0.1, 0.15) is 5.82 Å². The summed E-state index contributed by atoms with van der Waals surface area (Å²) in [6.07, 6.45) is 5.72. The highest BCUT2D eigenvalue weighted by Crippen LogP contribution is 2.29. The van der Waals surface area contributed by atoms with Crippen molar-refractivity contribution in [3.63, 3.8) is 0 Å².